The molecule has 0 heterocycles. The second-order valence-corrected chi connectivity index (χ2v) is 4.57. The lowest BCUT2D eigenvalue weighted by molar-refractivity contribution is -0.385. The number of benzene rings is 1. The van der Waals surface area contributed by atoms with E-state index in [-0.39, 0.29) is 35.8 Å². The van der Waals surface area contributed by atoms with Crippen LogP contribution in [-0.2, 0) is 0 Å². The second-order valence-electron chi connectivity index (χ2n) is 4.57. The quantitative estimate of drug-likeness (QED) is 0.654. The van der Waals surface area contributed by atoms with Gasteiger partial charge in [0.1, 0.15) is 5.75 Å². The number of hydrogen-bond acceptors (Lipinski definition) is 4. The maximum absolute atomic E-state index is 10.9. The van der Waals surface area contributed by atoms with E-state index < -0.39 is 4.92 Å². The molecule has 5 nitrogen and oxygen atoms in total. The molecule has 1 atom stereocenters. The summed E-state index contributed by atoms with van der Waals surface area (Å²) in [6.45, 7) is 0. The van der Waals surface area contributed by atoms with E-state index in [1.807, 2.05) is 0 Å². The standard InChI is InChI=1S/C12H16N2O3.ClH/c13-12(8-3-1-2-4-8)10-7-9(15)5-6-11(10)14(16)17;/h5-8,12,15H,1-4,13H2;1H/t12-;/m1./s1. The Morgan fingerprint density at radius 3 is 2.56 bits per heavy atom. The van der Waals surface area contributed by atoms with Crippen molar-refractivity contribution in [2.75, 3.05) is 0 Å². The number of halogens is 1. The number of phenolic OH excluding ortho intramolecular Hbond substituents is 1. The molecule has 1 aromatic rings. The zero-order chi connectivity index (χ0) is 12.4. The van der Waals surface area contributed by atoms with Crippen LogP contribution in [0.4, 0.5) is 5.69 Å². The van der Waals surface area contributed by atoms with Crippen molar-refractivity contribution in [2.24, 2.45) is 11.7 Å². The Morgan fingerprint density at radius 1 is 1.39 bits per heavy atom. The highest BCUT2D eigenvalue weighted by atomic mass is 35.5. The number of nitro groups is 1. The lowest BCUT2D eigenvalue weighted by Crippen LogP contribution is -2.20. The molecule has 1 saturated carbocycles. The van der Waals surface area contributed by atoms with Crippen molar-refractivity contribution in [3.8, 4) is 5.75 Å². The van der Waals surface area contributed by atoms with E-state index in [0.29, 0.717) is 5.56 Å². The molecule has 0 aliphatic heterocycles. The first-order chi connectivity index (χ1) is 8.09. The van der Waals surface area contributed by atoms with Gasteiger partial charge in [-0.3, -0.25) is 10.1 Å². The molecule has 0 spiro atoms. The molecule has 1 fully saturated rings. The van der Waals surface area contributed by atoms with Crippen LogP contribution in [0.3, 0.4) is 0 Å². The molecule has 3 N–H and O–H groups in total. The lowest BCUT2D eigenvalue weighted by Gasteiger charge is -2.19. The Labute approximate surface area is 112 Å². The van der Waals surface area contributed by atoms with E-state index in [4.69, 9.17) is 5.73 Å². The van der Waals surface area contributed by atoms with Crippen molar-refractivity contribution >= 4 is 18.1 Å². The maximum atomic E-state index is 10.9. The number of hydrogen-bond donors (Lipinski definition) is 2. The first-order valence-corrected chi connectivity index (χ1v) is 5.82. The Morgan fingerprint density at radius 2 is 2.00 bits per heavy atom. The van der Waals surface area contributed by atoms with Crippen LogP contribution in [-0.4, -0.2) is 10.0 Å². The number of phenols is 1. The van der Waals surface area contributed by atoms with Crippen molar-refractivity contribution in [1.29, 1.82) is 0 Å². The van der Waals surface area contributed by atoms with E-state index in [1.54, 1.807) is 0 Å². The van der Waals surface area contributed by atoms with Crippen LogP contribution in [0.2, 0.25) is 0 Å². The van der Waals surface area contributed by atoms with Crippen LogP contribution < -0.4 is 5.73 Å². The van der Waals surface area contributed by atoms with Crippen molar-refractivity contribution in [3.05, 3.63) is 33.9 Å². The first-order valence-electron chi connectivity index (χ1n) is 5.82. The van der Waals surface area contributed by atoms with E-state index in [0.717, 1.165) is 25.7 Å². The molecule has 1 aliphatic carbocycles. The average molecular weight is 273 g/mol. The predicted octanol–water partition coefficient (Wildman–Crippen LogP) is 2.91. The van der Waals surface area contributed by atoms with Gasteiger partial charge in [-0.25, -0.2) is 0 Å². The van der Waals surface area contributed by atoms with Gasteiger partial charge in [0.05, 0.1) is 10.5 Å². The lowest BCUT2D eigenvalue weighted by atomic mass is 9.91. The maximum Gasteiger partial charge on any atom is 0.274 e. The molecule has 6 heteroatoms. The Bertz CT molecular complexity index is 433. The van der Waals surface area contributed by atoms with Crippen LogP contribution >= 0.6 is 12.4 Å². The fourth-order valence-electron chi connectivity index (χ4n) is 2.55. The van der Waals surface area contributed by atoms with Gasteiger partial charge in [0, 0.05) is 12.1 Å². The van der Waals surface area contributed by atoms with Crippen LogP contribution in [0.5, 0.6) is 5.75 Å². The van der Waals surface area contributed by atoms with Gasteiger partial charge >= 0.3 is 0 Å². The first kappa shape index (κ1) is 14.7. The number of rotatable bonds is 3. The van der Waals surface area contributed by atoms with Crippen molar-refractivity contribution in [3.63, 3.8) is 0 Å². The number of nitrogens with two attached hydrogens (primary N) is 1. The third-order valence-electron chi connectivity index (χ3n) is 3.47. The highest BCUT2D eigenvalue weighted by Gasteiger charge is 2.28. The predicted molar refractivity (Wildman–Crippen MR) is 70.9 cm³/mol. The zero-order valence-corrected chi connectivity index (χ0v) is 10.7. The van der Waals surface area contributed by atoms with Gasteiger partial charge in [-0.2, -0.15) is 0 Å². The highest BCUT2D eigenvalue weighted by molar-refractivity contribution is 5.85. The Hall–Kier alpha value is -1.33. The summed E-state index contributed by atoms with van der Waals surface area (Å²) in [5.74, 6) is 0.314. The molecular weight excluding hydrogens is 256 g/mol. The molecule has 18 heavy (non-hydrogen) atoms. The molecule has 1 aliphatic rings. The molecular formula is C12H17ClN2O3. The van der Waals surface area contributed by atoms with Gasteiger partial charge < -0.3 is 10.8 Å². The van der Waals surface area contributed by atoms with Gasteiger partial charge in [-0.1, -0.05) is 12.8 Å². The Balaban J connectivity index is 0.00000162. The highest BCUT2D eigenvalue weighted by Crippen LogP contribution is 2.38. The summed E-state index contributed by atoms with van der Waals surface area (Å²) in [7, 11) is 0. The van der Waals surface area contributed by atoms with Crippen molar-refractivity contribution in [1.82, 2.24) is 0 Å². The molecule has 100 valence electrons. The molecule has 0 aromatic heterocycles. The minimum Gasteiger partial charge on any atom is -0.508 e. The third kappa shape index (κ3) is 2.91. The number of nitrogens with zero attached hydrogens (tertiary/aromatic N) is 1. The van der Waals surface area contributed by atoms with Crippen LogP contribution in [0, 0.1) is 16.0 Å². The summed E-state index contributed by atoms with van der Waals surface area (Å²) in [4.78, 5) is 10.5. The smallest absolute Gasteiger partial charge is 0.274 e. The van der Waals surface area contributed by atoms with Gasteiger partial charge in [-0.15, -0.1) is 12.4 Å². The number of nitro benzene ring substituents is 1. The molecule has 0 saturated heterocycles. The summed E-state index contributed by atoms with van der Waals surface area (Å²) in [5.41, 5.74) is 6.54. The SMILES string of the molecule is Cl.N[C@@H](c1cc(O)ccc1[N+](=O)[O-])C1CCCC1. The Kier molecular flexibility index (Phi) is 4.93. The average Bonchev–Trinajstić information content (AvgIpc) is 2.80. The van der Waals surface area contributed by atoms with Crippen molar-refractivity contribution in [2.45, 2.75) is 31.7 Å². The molecule has 0 unspecified atom stereocenters. The molecule has 2 rings (SSSR count). The fraction of sp³-hybridized carbons (Fsp3) is 0.500. The monoisotopic (exact) mass is 272 g/mol. The van der Waals surface area contributed by atoms with Crippen LogP contribution in [0.1, 0.15) is 37.3 Å². The summed E-state index contributed by atoms with van der Waals surface area (Å²) in [5, 5.41) is 20.4. The second kappa shape index (κ2) is 6.02. The minimum absolute atomic E-state index is 0. The summed E-state index contributed by atoms with van der Waals surface area (Å²) < 4.78 is 0. The largest absolute Gasteiger partial charge is 0.508 e. The third-order valence-corrected chi connectivity index (χ3v) is 3.47. The molecule has 0 bridgehead atoms. The fourth-order valence-corrected chi connectivity index (χ4v) is 2.55. The van der Waals surface area contributed by atoms with E-state index in [2.05, 4.69) is 0 Å². The van der Waals surface area contributed by atoms with Gasteiger partial charge in [0.25, 0.3) is 5.69 Å². The van der Waals surface area contributed by atoms with Gasteiger partial charge in [0.2, 0.25) is 0 Å². The topological polar surface area (TPSA) is 89.4 Å². The minimum atomic E-state index is -0.441. The van der Waals surface area contributed by atoms with Gasteiger partial charge in [0.15, 0.2) is 0 Å². The number of aromatic hydroxyl groups is 1. The van der Waals surface area contributed by atoms with Crippen LogP contribution in [0.25, 0.3) is 0 Å². The van der Waals surface area contributed by atoms with E-state index in [1.165, 1.54) is 18.2 Å². The van der Waals surface area contributed by atoms with Gasteiger partial charge in [-0.05, 0) is 30.9 Å². The normalized spacial score (nSPS) is 17.2. The summed E-state index contributed by atoms with van der Waals surface area (Å²) in [6.07, 6.45) is 4.28. The summed E-state index contributed by atoms with van der Waals surface area (Å²) >= 11 is 0. The van der Waals surface area contributed by atoms with Crippen molar-refractivity contribution < 1.29 is 10.0 Å². The van der Waals surface area contributed by atoms with Crippen LogP contribution in [0.15, 0.2) is 18.2 Å². The molecule has 0 radical (unpaired) electrons. The molecule has 0 amide bonds. The molecule has 1 aromatic carbocycles. The summed E-state index contributed by atoms with van der Waals surface area (Å²) in [6, 6.07) is 3.70. The van der Waals surface area contributed by atoms with E-state index >= 15 is 0 Å². The zero-order valence-electron chi connectivity index (χ0n) is 9.91. The van der Waals surface area contributed by atoms with E-state index in [9.17, 15) is 15.2 Å².